The number of halogens is 2. The molecule has 0 saturated heterocycles. The molecule has 0 fully saturated rings. The summed E-state index contributed by atoms with van der Waals surface area (Å²) in [5.74, 6) is 1.36. The summed E-state index contributed by atoms with van der Waals surface area (Å²) in [6, 6.07) is 12.5. The topological polar surface area (TPSA) is 68.3 Å². The van der Waals surface area contributed by atoms with Gasteiger partial charge in [0.2, 0.25) is 0 Å². The molecule has 0 spiro atoms. The lowest BCUT2D eigenvalue weighted by atomic mass is 10.2. The molecule has 2 aromatic carbocycles. The van der Waals surface area contributed by atoms with E-state index in [0.29, 0.717) is 35.3 Å². The lowest BCUT2D eigenvalue weighted by molar-refractivity contribution is 0.217. The average molecular weight is 370 g/mol. The van der Waals surface area contributed by atoms with E-state index in [2.05, 4.69) is 15.9 Å². The Morgan fingerprint density at radius 3 is 2.38 bits per heavy atom. The van der Waals surface area contributed by atoms with Crippen LogP contribution in [0.1, 0.15) is 5.56 Å². The number of nitrogens with one attached hydrogen (secondary N) is 1. The number of hydrogen-bond donors (Lipinski definition) is 2. The first kappa shape index (κ1) is 15.7. The smallest absolute Gasteiger partial charge is 0.138 e. The van der Waals surface area contributed by atoms with Crippen LogP contribution in [0.25, 0.3) is 0 Å². The molecule has 21 heavy (non-hydrogen) atoms. The molecule has 2 aromatic rings. The van der Waals surface area contributed by atoms with E-state index in [1.807, 2.05) is 6.07 Å². The maximum absolute atomic E-state index is 7.31. The molecule has 0 aliphatic heterocycles. The molecule has 110 valence electrons. The Balaban J connectivity index is 1.80. The van der Waals surface area contributed by atoms with Crippen molar-refractivity contribution in [3.05, 3.63) is 57.5 Å². The van der Waals surface area contributed by atoms with Gasteiger partial charge >= 0.3 is 0 Å². The highest BCUT2D eigenvalue weighted by atomic mass is 79.9. The van der Waals surface area contributed by atoms with Crippen molar-refractivity contribution in [1.29, 1.82) is 5.41 Å². The van der Waals surface area contributed by atoms with Crippen LogP contribution in [0.5, 0.6) is 11.5 Å². The third kappa shape index (κ3) is 4.65. The molecule has 0 unspecified atom stereocenters. The molecule has 0 radical (unpaired) electrons. The van der Waals surface area contributed by atoms with Crippen molar-refractivity contribution in [2.45, 2.75) is 0 Å². The fourth-order valence-electron chi connectivity index (χ4n) is 1.63. The van der Waals surface area contributed by atoms with Crippen molar-refractivity contribution in [3.8, 4) is 11.5 Å². The number of nitrogens with two attached hydrogens (primary N) is 1. The van der Waals surface area contributed by atoms with Crippen molar-refractivity contribution in [2.75, 3.05) is 13.2 Å². The highest BCUT2D eigenvalue weighted by Gasteiger charge is 2.02. The summed E-state index contributed by atoms with van der Waals surface area (Å²) >= 11 is 9.38. The van der Waals surface area contributed by atoms with Crippen LogP contribution in [0.2, 0.25) is 5.02 Å². The number of nitrogen functional groups attached to an aromatic ring is 1. The molecule has 0 aliphatic rings. The van der Waals surface area contributed by atoms with E-state index in [1.165, 1.54) is 0 Å². The number of amidine groups is 1. The molecule has 3 N–H and O–H groups in total. The normalized spacial score (nSPS) is 10.2. The monoisotopic (exact) mass is 368 g/mol. The highest BCUT2D eigenvalue weighted by Crippen LogP contribution is 2.27. The van der Waals surface area contributed by atoms with E-state index in [1.54, 1.807) is 36.4 Å². The minimum absolute atomic E-state index is 0.0368. The largest absolute Gasteiger partial charge is 0.490 e. The molecular weight excluding hydrogens is 356 g/mol. The van der Waals surface area contributed by atoms with Crippen LogP contribution in [0.15, 0.2) is 46.9 Å². The highest BCUT2D eigenvalue weighted by molar-refractivity contribution is 9.10. The summed E-state index contributed by atoms with van der Waals surface area (Å²) in [6.45, 7) is 0.779. The van der Waals surface area contributed by atoms with Gasteiger partial charge in [-0.05, 0) is 42.5 Å². The maximum Gasteiger partial charge on any atom is 0.138 e. The van der Waals surface area contributed by atoms with Gasteiger partial charge in [-0.1, -0.05) is 27.5 Å². The standard InChI is InChI=1S/C15H14BrClN2O2/c16-11-3-6-14(13(17)9-11)21-8-7-20-12-4-1-10(2-5-12)15(18)19/h1-6,9H,7-8H2,(H3,18,19). The Bertz CT molecular complexity index is 632. The predicted octanol–water partition coefficient (Wildman–Crippen LogP) is 3.84. The zero-order chi connectivity index (χ0) is 15.2. The molecular formula is C15H14BrClN2O2. The van der Waals surface area contributed by atoms with E-state index < -0.39 is 0 Å². The van der Waals surface area contributed by atoms with Gasteiger partial charge in [0.25, 0.3) is 0 Å². The second-order valence-electron chi connectivity index (χ2n) is 4.21. The Kier molecular flexibility index (Phi) is 5.47. The lowest BCUT2D eigenvalue weighted by Gasteiger charge is -2.10. The molecule has 6 heteroatoms. The van der Waals surface area contributed by atoms with Crippen LogP contribution in [-0.4, -0.2) is 19.0 Å². The molecule has 4 nitrogen and oxygen atoms in total. The first-order valence-electron chi connectivity index (χ1n) is 6.21. The minimum Gasteiger partial charge on any atom is -0.490 e. The van der Waals surface area contributed by atoms with Crippen molar-refractivity contribution in [3.63, 3.8) is 0 Å². The number of rotatable bonds is 6. The molecule has 0 aliphatic carbocycles. The fraction of sp³-hybridized carbons (Fsp3) is 0.133. The van der Waals surface area contributed by atoms with Gasteiger partial charge in [-0.25, -0.2) is 0 Å². The Hall–Kier alpha value is -1.72. The second-order valence-corrected chi connectivity index (χ2v) is 5.53. The first-order valence-corrected chi connectivity index (χ1v) is 7.38. The van der Waals surface area contributed by atoms with Crippen LogP contribution in [0.4, 0.5) is 0 Å². The molecule has 0 atom stereocenters. The summed E-state index contributed by atoms with van der Waals surface area (Å²) < 4.78 is 12.0. The third-order valence-electron chi connectivity index (χ3n) is 2.67. The quantitative estimate of drug-likeness (QED) is 0.462. The maximum atomic E-state index is 7.31. The third-order valence-corrected chi connectivity index (χ3v) is 3.46. The summed E-state index contributed by atoms with van der Waals surface area (Å²) in [4.78, 5) is 0. The Morgan fingerprint density at radius 1 is 1.10 bits per heavy atom. The van der Waals surface area contributed by atoms with Gasteiger partial charge in [0.05, 0.1) is 5.02 Å². The van der Waals surface area contributed by atoms with Crippen LogP contribution in [0, 0.1) is 5.41 Å². The zero-order valence-electron chi connectivity index (χ0n) is 11.1. The minimum atomic E-state index is 0.0368. The van der Waals surface area contributed by atoms with Crippen LogP contribution in [-0.2, 0) is 0 Å². The van der Waals surface area contributed by atoms with Gasteiger partial charge < -0.3 is 15.2 Å². The van der Waals surface area contributed by atoms with Crippen molar-refractivity contribution in [2.24, 2.45) is 5.73 Å². The van der Waals surface area contributed by atoms with Crippen molar-refractivity contribution in [1.82, 2.24) is 0 Å². The second kappa shape index (κ2) is 7.33. The zero-order valence-corrected chi connectivity index (χ0v) is 13.4. The average Bonchev–Trinajstić information content (AvgIpc) is 2.46. The van der Waals surface area contributed by atoms with Gasteiger partial charge in [0.1, 0.15) is 30.5 Å². The summed E-state index contributed by atoms with van der Waals surface area (Å²) in [6.07, 6.45) is 0. The van der Waals surface area contributed by atoms with Crippen LogP contribution >= 0.6 is 27.5 Å². The van der Waals surface area contributed by atoms with Crippen LogP contribution in [0.3, 0.4) is 0 Å². The Morgan fingerprint density at radius 2 is 1.76 bits per heavy atom. The molecule has 0 aromatic heterocycles. The van der Waals surface area contributed by atoms with E-state index in [9.17, 15) is 0 Å². The van der Waals surface area contributed by atoms with Gasteiger partial charge in [-0.2, -0.15) is 0 Å². The SMILES string of the molecule is N=C(N)c1ccc(OCCOc2ccc(Br)cc2Cl)cc1. The summed E-state index contributed by atoms with van der Waals surface area (Å²) in [7, 11) is 0. The number of ether oxygens (including phenoxy) is 2. The van der Waals surface area contributed by atoms with Gasteiger partial charge in [-0.15, -0.1) is 0 Å². The molecule has 2 rings (SSSR count). The molecule has 0 bridgehead atoms. The van der Waals surface area contributed by atoms with Gasteiger partial charge in [0.15, 0.2) is 0 Å². The van der Waals surface area contributed by atoms with Crippen LogP contribution < -0.4 is 15.2 Å². The van der Waals surface area contributed by atoms with Gasteiger partial charge in [-0.3, -0.25) is 5.41 Å². The fourth-order valence-corrected chi connectivity index (χ4v) is 2.36. The first-order chi connectivity index (χ1) is 10.1. The van der Waals surface area contributed by atoms with Gasteiger partial charge in [0, 0.05) is 10.0 Å². The Labute approximate surface area is 136 Å². The predicted molar refractivity (Wildman–Crippen MR) is 87.6 cm³/mol. The number of benzene rings is 2. The van der Waals surface area contributed by atoms with E-state index in [4.69, 9.17) is 32.2 Å². The summed E-state index contributed by atoms with van der Waals surface area (Å²) in [5, 5.41) is 7.86. The molecule has 0 saturated carbocycles. The molecule has 0 amide bonds. The van der Waals surface area contributed by atoms with Crippen molar-refractivity contribution >= 4 is 33.4 Å². The lowest BCUT2D eigenvalue weighted by Crippen LogP contribution is -2.11. The van der Waals surface area contributed by atoms with Crippen molar-refractivity contribution < 1.29 is 9.47 Å². The number of hydrogen-bond acceptors (Lipinski definition) is 3. The molecule has 0 heterocycles. The summed E-state index contributed by atoms with van der Waals surface area (Å²) in [5.41, 5.74) is 6.05. The van der Waals surface area contributed by atoms with E-state index in [-0.39, 0.29) is 5.84 Å². The van der Waals surface area contributed by atoms with E-state index in [0.717, 1.165) is 4.47 Å². The van der Waals surface area contributed by atoms with E-state index >= 15 is 0 Å².